The molecule has 0 aliphatic heterocycles. The molecule has 7 aromatic rings. The summed E-state index contributed by atoms with van der Waals surface area (Å²) in [5.74, 6) is 0. The fourth-order valence-corrected chi connectivity index (χ4v) is 5.02. The summed E-state index contributed by atoms with van der Waals surface area (Å²) in [6, 6.07) is 40.6. The second-order valence-electron chi connectivity index (χ2n) is 8.17. The molecule has 0 bridgehead atoms. The highest BCUT2D eigenvalue weighted by Crippen LogP contribution is 2.41. The van der Waals surface area contributed by atoms with E-state index in [9.17, 15) is 0 Å². The maximum absolute atomic E-state index is 6.42. The van der Waals surface area contributed by atoms with Gasteiger partial charge in [0.05, 0.1) is 22.1 Å². The van der Waals surface area contributed by atoms with E-state index in [0.717, 1.165) is 32.8 Å². The van der Waals surface area contributed by atoms with Crippen molar-refractivity contribution in [1.29, 1.82) is 0 Å². The third-order valence-electron chi connectivity index (χ3n) is 6.41. The molecule has 0 spiro atoms. The highest BCUT2D eigenvalue weighted by Gasteiger charge is 2.19. The van der Waals surface area contributed by atoms with Crippen molar-refractivity contribution in [2.75, 3.05) is 0 Å². The summed E-state index contributed by atoms with van der Waals surface area (Å²) in [4.78, 5) is 0. The second-order valence-corrected chi connectivity index (χ2v) is 8.17. The Labute approximate surface area is 184 Å². The predicted molar refractivity (Wildman–Crippen MR) is 133 cm³/mol. The lowest BCUT2D eigenvalue weighted by atomic mass is 10.0. The predicted octanol–water partition coefficient (Wildman–Crippen LogP) is 8.35. The molecule has 0 saturated carbocycles. The molecule has 2 aromatic heterocycles. The maximum Gasteiger partial charge on any atom is 0.145 e. The van der Waals surface area contributed by atoms with Gasteiger partial charge in [-0.15, -0.1) is 0 Å². The van der Waals surface area contributed by atoms with Crippen LogP contribution in [0.1, 0.15) is 0 Å². The van der Waals surface area contributed by atoms with Crippen LogP contribution < -0.4 is 0 Å². The SMILES string of the molecule is c1ccc(-c2ccccc2-n2c3ccccc3c3c4oc5ccccc5c4ccc32)cc1. The largest absolute Gasteiger partial charge is 0.455 e. The molecule has 0 aliphatic rings. The second kappa shape index (κ2) is 6.60. The van der Waals surface area contributed by atoms with Crippen molar-refractivity contribution in [3.63, 3.8) is 0 Å². The average Bonchev–Trinajstić information content (AvgIpc) is 3.40. The molecule has 2 nitrogen and oxygen atoms in total. The molecule has 7 rings (SSSR count). The van der Waals surface area contributed by atoms with Crippen LogP contribution >= 0.6 is 0 Å². The van der Waals surface area contributed by atoms with Gasteiger partial charge in [0.1, 0.15) is 11.2 Å². The molecule has 0 aliphatic carbocycles. The molecule has 2 heteroatoms. The highest BCUT2D eigenvalue weighted by atomic mass is 16.3. The normalized spacial score (nSPS) is 11.8. The van der Waals surface area contributed by atoms with Crippen LogP contribution in [0.3, 0.4) is 0 Å². The number of furan rings is 1. The van der Waals surface area contributed by atoms with Gasteiger partial charge in [-0.3, -0.25) is 0 Å². The first-order valence-corrected chi connectivity index (χ1v) is 10.9. The zero-order chi connectivity index (χ0) is 21.1. The third-order valence-corrected chi connectivity index (χ3v) is 6.41. The molecule has 150 valence electrons. The Morgan fingerprint density at radius 3 is 2.12 bits per heavy atom. The molecule has 0 unspecified atom stereocenters. The van der Waals surface area contributed by atoms with Gasteiger partial charge in [-0.2, -0.15) is 0 Å². The molecule has 32 heavy (non-hydrogen) atoms. The number of hydrogen-bond acceptors (Lipinski definition) is 1. The van der Waals surface area contributed by atoms with Crippen molar-refractivity contribution < 1.29 is 4.42 Å². The van der Waals surface area contributed by atoms with Gasteiger partial charge in [-0.25, -0.2) is 0 Å². The number of fused-ring (bicyclic) bond motifs is 7. The third kappa shape index (κ3) is 2.35. The average molecular weight is 409 g/mol. The number of aromatic nitrogens is 1. The number of para-hydroxylation sites is 3. The monoisotopic (exact) mass is 409 g/mol. The molecule has 0 atom stereocenters. The van der Waals surface area contributed by atoms with Crippen LogP contribution in [0.15, 0.2) is 120 Å². The van der Waals surface area contributed by atoms with Gasteiger partial charge in [0, 0.05) is 21.7 Å². The lowest BCUT2D eigenvalue weighted by Gasteiger charge is -2.13. The number of benzene rings is 5. The minimum Gasteiger partial charge on any atom is -0.455 e. The van der Waals surface area contributed by atoms with Crippen LogP contribution in [0.25, 0.3) is 60.6 Å². The minimum absolute atomic E-state index is 0.927. The summed E-state index contributed by atoms with van der Waals surface area (Å²) in [6.07, 6.45) is 0. The summed E-state index contributed by atoms with van der Waals surface area (Å²) < 4.78 is 8.80. The molecule has 0 N–H and O–H groups in total. The summed E-state index contributed by atoms with van der Waals surface area (Å²) >= 11 is 0. The summed E-state index contributed by atoms with van der Waals surface area (Å²) in [7, 11) is 0. The Kier molecular flexibility index (Phi) is 3.58. The molecule has 5 aromatic carbocycles. The zero-order valence-electron chi connectivity index (χ0n) is 17.3. The van der Waals surface area contributed by atoms with Crippen molar-refractivity contribution in [2.24, 2.45) is 0 Å². The van der Waals surface area contributed by atoms with E-state index >= 15 is 0 Å². The molecular formula is C30H19NO. The van der Waals surface area contributed by atoms with Crippen LogP contribution in [0.4, 0.5) is 0 Å². The Hall–Kier alpha value is -4.30. The lowest BCUT2D eigenvalue weighted by Crippen LogP contribution is -1.96. The highest BCUT2D eigenvalue weighted by molar-refractivity contribution is 6.23. The van der Waals surface area contributed by atoms with E-state index in [4.69, 9.17) is 4.42 Å². The summed E-state index contributed by atoms with van der Waals surface area (Å²) in [5.41, 5.74) is 7.80. The van der Waals surface area contributed by atoms with Crippen molar-refractivity contribution in [2.45, 2.75) is 0 Å². The van der Waals surface area contributed by atoms with Gasteiger partial charge in [-0.05, 0) is 35.9 Å². The lowest BCUT2D eigenvalue weighted by molar-refractivity contribution is 0.673. The Morgan fingerprint density at radius 2 is 1.22 bits per heavy atom. The van der Waals surface area contributed by atoms with Crippen molar-refractivity contribution >= 4 is 43.7 Å². The van der Waals surface area contributed by atoms with Gasteiger partial charge in [0.15, 0.2) is 0 Å². The topological polar surface area (TPSA) is 18.1 Å². The molecule has 0 saturated heterocycles. The van der Waals surface area contributed by atoms with E-state index in [-0.39, 0.29) is 0 Å². The summed E-state index contributed by atoms with van der Waals surface area (Å²) in [6.45, 7) is 0. The van der Waals surface area contributed by atoms with E-state index in [1.165, 1.54) is 27.7 Å². The van der Waals surface area contributed by atoms with Gasteiger partial charge in [-0.1, -0.05) is 84.9 Å². The quantitative estimate of drug-likeness (QED) is 0.280. The Morgan fingerprint density at radius 1 is 0.500 bits per heavy atom. The van der Waals surface area contributed by atoms with Crippen LogP contribution in [-0.4, -0.2) is 4.57 Å². The fourth-order valence-electron chi connectivity index (χ4n) is 5.02. The molecule has 0 amide bonds. The Bertz CT molecular complexity index is 1770. The van der Waals surface area contributed by atoms with Crippen molar-refractivity contribution in [1.82, 2.24) is 4.57 Å². The van der Waals surface area contributed by atoms with Gasteiger partial charge >= 0.3 is 0 Å². The van der Waals surface area contributed by atoms with E-state index in [2.05, 4.69) is 108 Å². The standard InChI is InChI=1S/C30H19NO/c1-2-10-20(11-3-1)21-12-4-7-15-25(21)31-26-16-8-5-14-24(26)29-27(31)19-18-23-22-13-6-9-17-28(22)32-30(23)29/h1-19H. The smallest absolute Gasteiger partial charge is 0.145 e. The van der Waals surface area contributed by atoms with E-state index < -0.39 is 0 Å². The van der Waals surface area contributed by atoms with Crippen molar-refractivity contribution in [3.05, 3.63) is 115 Å². The fraction of sp³-hybridized carbons (Fsp3) is 0. The van der Waals surface area contributed by atoms with Crippen LogP contribution in [0, 0.1) is 0 Å². The first-order valence-electron chi connectivity index (χ1n) is 10.9. The number of rotatable bonds is 2. The van der Waals surface area contributed by atoms with Crippen LogP contribution in [0.5, 0.6) is 0 Å². The first kappa shape index (κ1) is 17.4. The molecule has 0 radical (unpaired) electrons. The summed E-state index contributed by atoms with van der Waals surface area (Å²) in [5, 5.41) is 4.69. The van der Waals surface area contributed by atoms with E-state index in [0.29, 0.717) is 0 Å². The minimum atomic E-state index is 0.927. The van der Waals surface area contributed by atoms with E-state index in [1.54, 1.807) is 0 Å². The molecule has 2 heterocycles. The van der Waals surface area contributed by atoms with Crippen LogP contribution in [-0.2, 0) is 0 Å². The maximum atomic E-state index is 6.42. The van der Waals surface area contributed by atoms with Gasteiger partial charge in [0.2, 0.25) is 0 Å². The van der Waals surface area contributed by atoms with Gasteiger partial charge in [0.25, 0.3) is 0 Å². The van der Waals surface area contributed by atoms with Gasteiger partial charge < -0.3 is 8.98 Å². The zero-order valence-corrected chi connectivity index (χ0v) is 17.3. The molecular weight excluding hydrogens is 390 g/mol. The number of hydrogen-bond donors (Lipinski definition) is 0. The van der Waals surface area contributed by atoms with Crippen LogP contribution in [0.2, 0.25) is 0 Å². The van der Waals surface area contributed by atoms with E-state index in [1.807, 2.05) is 12.1 Å². The van der Waals surface area contributed by atoms with Crippen molar-refractivity contribution in [3.8, 4) is 16.8 Å². The molecule has 0 fully saturated rings. The number of nitrogens with zero attached hydrogens (tertiary/aromatic N) is 1. The first-order chi connectivity index (χ1) is 15.9. The Balaban J connectivity index is 1.66.